The van der Waals surface area contributed by atoms with E-state index in [9.17, 15) is 0 Å². The fourth-order valence-electron chi connectivity index (χ4n) is 16.7. The molecule has 14 aromatic carbocycles. The van der Waals surface area contributed by atoms with E-state index in [0.29, 0.717) is 0 Å². The van der Waals surface area contributed by atoms with Crippen LogP contribution in [-0.4, -0.2) is 15.8 Å². The predicted molar refractivity (Wildman–Crippen MR) is 376 cm³/mol. The van der Waals surface area contributed by atoms with Crippen molar-refractivity contribution in [3.63, 3.8) is 0 Å². The Bertz CT molecular complexity index is 5530. The Kier molecular flexibility index (Phi) is 10.3. The van der Waals surface area contributed by atoms with Gasteiger partial charge in [0, 0.05) is 61.2 Å². The van der Waals surface area contributed by atoms with Crippen LogP contribution < -0.4 is 26.2 Å². The largest absolute Gasteiger partial charge is 0.311 e. The SMILES string of the molecule is c1ccc(-c2ccc(N3c4cc(-n5c6ccccc6c6ccccc65)ccc4B4c5cc(-c6ccccc6)ccc5N(c5cccc6c5C5(c7ccccc7-c7ccccc75)c5ccccc5-6)c5cc(-n6c7ccccc7c7ccccc76)cc3c54)cc2)cc1. The van der Waals surface area contributed by atoms with Gasteiger partial charge in [0.05, 0.1) is 38.9 Å². The number of anilines is 6. The van der Waals surface area contributed by atoms with Gasteiger partial charge in [-0.05, 0) is 150 Å². The number of para-hydroxylation sites is 4. The topological polar surface area (TPSA) is 16.3 Å². The van der Waals surface area contributed by atoms with Gasteiger partial charge < -0.3 is 18.9 Å². The molecule has 2 aliphatic carbocycles. The average molecular weight is 1140 g/mol. The van der Waals surface area contributed by atoms with E-state index in [0.717, 1.165) is 56.5 Å². The molecular weight excluding hydrogens is 1090 g/mol. The summed E-state index contributed by atoms with van der Waals surface area (Å²) in [4.78, 5) is 5.30. The maximum absolute atomic E-state index is 2.70. The van der Waals surface area contributed by atoms with Crippen molar-refractivity contribution >= 4 is 101 Å². The highest BCUT2D eigenvalue weighted by molar-refractivity contribution is 7.00. The molecule has 0 unspecified atom stereocenters. The molecule has 16 aromatic rings. The molecule has 5 heteroatoms. The van der Waals surface area contributed by atoms with Crippen LogP contribution in [0.3, 0.4) is 0 Å². The minimum Gasteiger partial charge on any atom is -0.311 e. The van der Waals surface area contributed by atoms with Gasteiger partial charge in [-0.2, -0.15) is 0 Å². The number of rotatable bonds is 6. The Morgan fingerprint density at radius 2 is 0.667 bits per heavy atom. The number of aromatic nitrogens is 2. The first-order valence-corrected chi connectivity index (χ1v) is 31.4. The standard InChI is InChI=1S/C85H53BN4/c1-3-22-54(23-4-1)56-42-45-58(46-43-56)87-80-51-59(88-74-37-17-10-29-64(74)65-30-11-18-38-75(65)88)47-48-72(80)86-73-50-57(55-24-5-2-6-25-55)44-49-78(73)90(82-53-60(52-81(87)84(82)86)89-76-39-19-12-31-66(76)67-32-13-20-40-77(67)89)79-41-21-33-68-63-28-9-16-36-71(63)85(83(68)79)69-34-14-7-26-61(69)62-27-8-15-35-70(62)85/h1-53H. The average Bonchev–Trinajstić information content (AvgIpc) is 1.39. The van der Waals surface area contributed by atoms with E-state index >= 15 is 0 Å². The van der Waals surface area contributed by atoms with Crippen molar-refractivity contribution in [2.75, 3.05) is 9.80 Å². The summed E-state index contributed by atoms with van der Waals surface area (Å²) >= 11 is 0. The van der Waals surface area contributed by atoms with Gasteiger partial charge >= 0.3 is 0 Å². The summed E-state index contributed by atoms with van der Waals surface area (Å²) in [6.07, 6.45) is 0. The quantitative estimate of drug-likeness (QED) is 0.154. The van der Waals surface area contributed by atoms with Gasteiger partial charge in [0.1, 0.15) is 0 Å². The number of fused-ring (bicyclic) bond motifs is 20. The van der Waals surface area contributed by atoms with E-state index in [2.05, 4.69) is 340 Å². The molecule has 416 valence electrons. The highest BCUT2D eigenvalue weighted by Crippen LogP contribution is 2.66. The number of hydrogen-bond acceptors (Lipinski definition) is 2. The van der Waals surface area contributed by atoms with Crippen LogP contribution in [0, 0.1) is 0 Å². The molecule has 2 aromatic heterocycles. The van der Waals surface area contributed by atoms with Crippen molar-refractivity contribution in [2.24, 2.45) is 0 Å². The van der Waals surface area contributed by atoms with Crippen molar-refractivity contribution in [2.45, 2.75) is 5.41 Å². The lowest BCUT2D eigenvalue weighted by Gasteiger charge is -2.45. The first kappa shape index (κ1) is 49.5. The zero-order chi connectivity index (χ0) is 58.8. The Hall–Kier alpha value is -11.7. The van der Waals surface area contributed by atoms with Crippen molar-refractivity contribution in [3.05, 3.63) is 344 Å². The molecule has 0 saturated carbocycles. The van der Waals surface area contributed by atoms with Gasteiger partial charge in [-0.1, -0.05) is 249 Å². The molecule has 0 amide bonds. The fourth-order valence-corrected chi connectivity index (χ4v) is 16.7. The van der Waals surface area contributed by atoms with E-state index < -0.39 is 5.41 Å². The molecule has 90 heavy (non-hydrogen) atoms. The monoisotopic (exact) mass is 1140 g/mol. The molecule has 4 nitrogen and oxygen atoms in total. The normalized spacial score (nSPS) is 13.6. The first-order valence-electron chi connectivity index (χ1n) is 31.4. The molecule has 2 aliphatic heterocycles. The van der Waals surface area contributed by atoms with Crippen molar-refractivity contribution < 1.29 is 0 Å². The van der Waals surface area contributed by atoms with Crippen LogP contribution in [0.15, 0.2) is 322 Å². The fraction of sp³-hybridized carbons (Fsp3) is 0.0118. The molecule has 0 saturated heterocycles. The second kappa shape index (κ2) is 18.7. The van der Waals surface area contributed by atoms with E-state index in [1.165, 1.54) is 116 Å². The van der Waals surface area contributed by atoms with Gasteiger partial charge in [-0.15, -0.1) is 0 Å². The van der Waals surface area contributed by atoms with Crippen LogP contribution in [0.1, 0.15) is 22.3 Å². The summed E-state index contributed by atoms with van der Waals surface area (Å²) in [6, 6.07) is 121. The van der Waals surface area contributed by atoms with Crippen LogP contribution in [0.4, 0.5) is 34.1 Å². The summed E-state index contributed by atoms with van der Waals surface area (Å²) < 4.78 is 5.00. The Morgan fingerprint density at radius 3 is 1.23 bits per heavy atom. The van der Waals surface area contributed by atoms with Gasteiger partial charge in [0.25, 0.3) is 6.71 Å². The first-order chi connectivity index (χ1) is 44.7. The minimum absolute atomic E-state index is 0.185. The molecule has 0 radical (unpaired) electrons. The predicted octanol–water partition coefficient (Wildman–Crippen LogP) is 19.6. The van der Waals surface area contributed by atoms with Gasteiger partial charge in [-0.3, -0.25) is 0 Å². The molecule has 0 atom stereocenters. The zero-order valence-corrected chi connectivity index (χ0v) is 49.0. The number of hydrogen-bond donors (Lipinski definition) is 0. The smallest absolute Gasteiger partial charge is 0.252 e. The lowest BCUT2D eigenvalue weighted by atomic mass is 9.33. The maximum atomic E-state index is 2.70. The molecule has 0 N–H and O–H groups in total. The van der Waals surface area contributed by atoms with E-state index in [-0.39, 0.29) is 6.71 Å². The Labute approximate surface area is 521 Å². The third-order valence-corrected chi connectivity index (χ3v) is 20.3. The molecule has 1 spiro atoms. The minimum atomic E-state index is -0.621. The third-order valence-electron chi connectivity index (χ3n) is 20.3. The van der Waals surface area contributed by atoms with Gasteiger partial charge in [0.2, 0.25) is 0 Å². The van der Waals surface area contributed by atoms with Crippen molar-refractivity contribution in [1.29, 1.82) is 0 Å². The van der Waals surface area contributed by atoms with Crippen molar-refractivity contribution in [3.8, 4) is 55.9 Å². The molecule has 4 aliphatic rings. The number of nitrogens with zero attached hydrogens (tertiary/aromatic N) is 4. The lowest BCUT2D eigenvalue weighted by molar-refractivity contribution is 0.793. The van der Waals surface area contributed by atoms with Gasteiger partial charge in [-0.25, -0.2) is 0 Å². The van der Waals surface area contributed by atoms with E-state index in [4.69, 9.17) is 0 Å². The van der Waals surface area contributed by atoms with Gasteiger partial charge in [0.15, 0.2) is 0 Å². The molecule has 20 rings (SSSR count). The summed E-state index contributed by atoms with van der Waals surface area (Å²) in [5, 5.41) is 4.92. The number of benzene rings is 14. The zero-order valence-electron chi connectivity index (χ0n) is 49.0. The highest BCUT2D eigenvalue weighted by Gasteiger charge is 2.54. The molecule has 4 heterocycles. The van der Waals surface area contributed by atoms with Crippen LogP contribution in [0.5, 0.6) is 0 Å². The van der Waals surface area contributed by atoms with Crippen LogP contribution in [-0.2, 0) is 5.41 Å². The maximum Gasteiger partial charge on any atom is 0.252 e. The molecule has 0 bridgehead atoms. The summed E-state index contributed by atoms with van der Waals surface area (Å²) in [5.41, 5.74) is 31.9. The van der Waals surface area contributed by atoms with Crippen LogP contribution in [0.25, 0.3) is 99.5 Å². The summed E-state index contributed by atoms with van der Waals surface area (Å²) in [6.45, 7) is -0.185. The van der Waals surface area contributed by atoms with E-state index in [1.807, 2.05) is 0 Å². The summed E-state index contributed by atoms with van der Waals surface area (Å²) in [5.74, 6) is 0. The second-order valence-corrected chi connectivity index (χ2v) is 24.6. The third kappa shape index (κ3) is 6.65. The van der Waals surface area contributed by atoms with Crippen LogP contribution >= 0.6 is 0 Å². The summed E-state index contributed by atoms with van der Waals surface area (Å²) in [7, 11) is 0. The Morgan fingerprint density at radius 1 is 0.244 bits per heavy atom. The van der Waals surface area contributed by atoms with Crippen molar-refractivity contribution in [1.82, 2.24) is 9.13 Å². The molecule has 0 fully saturated rings. The Balaban J connectivity index is 0.941. The van der Waals surface area contributed by atoms with Crippen LogP contribution in [0.2, 0.25) is 0 Å². The highest BCUT2D eigenvalue weighted by atomic mass is 15.2. The van der Waals surface area contributed by atoms with E-state index in [1.54, 1.807) is 0 Å². The lowest BCUT2D eigenvalue weighted by Crippen LogP contribution is -2.61. The second-order valence-electron chi connectivity index (χ2n) is 24.6. The molecular formula is C85H53BN4.